The molecule has 0 bridgehead atoms. The highest BCUT2D eigenvalue weighted by molar-refractivity contribution is 5.67. The second-order valence-electron chi connectivity index (χ2n) is 4.09. The highest BCUT2D eigenvalue weighted by atomic mass is 19.2. The predicted molar refractivity (Wildman–Crippen MR) is 57.6 cm³/mol. The van der Waals surface area contributed by atoms with Crippen LogP contribution in [0.4, 0.5) is 8.78 Å². The predicted octanol–water partition coefficient (Wildman–Crippen LogP) is 2.48. The van der Waals surface area contributed by atoms with Crippen molar-refractivity contribution in [1.29, 1.82) is 0 Å². The third-order valence-corrected chi connectivity index (χ3v) is 3.08. The van der Waals surface area contributed by atoms with Crippen LogP contribution in [0.15, 0.2) is 18.3 Å². The Kier molecular flexibility index (Phi) is 2.14. The van der Waals surface area contributed by atoms with Crippen LogP contribution in [-0.4, -0.2) is 14.9 Å². The molecule has 0 saturated heterocycles. The van der Waals surface area contributed by atoms with Gasteiger partial charge in [-0.3, -0.25) is 4.68 Å². The molecular weight excluding hydrogens is 226 g/mol. The summed E-state index contributed by atoms with van der Waals surface area (Å²) < 4.78 is 28.8. The third kappa shape index (κ3) is 1.42. The maximum atomic E-state index is 13.7. The number of aromatic hydroxyl groups is 1. The number of nitrogens with zero attached hydrogens (tertiary/aromatic N) is 2. The van der Waals surface area contributed by atoms with Gasteiger partial charge in [-0.15, -0.1) is 0 Å². The Morgan fingerprint density at radius 3 is 2.82 bits per heavy atom. The molecule has 0 radical (unpaired) electrons. The summed E-state index contributed by atoms with van der Waals surface area (Å²) in [5.41, 5.74) is 1.69. The topological polar surface area (TPSA) is 38.1 Å². The number of hydrogen-bond acceptors (Lipinski definition) is 2. The van der Waals surface area contributed by atoms with Gasteiger partial charge in [-0.1, -0.05) is 0 Å². The molecular formula is C12H10F2N2O. The van der Waals surface area contributed by atoms with Crippen LogP contribution in [0.1, 0.15) is 12.1 Å². The van der Waals surface area contributed by atoms with Crippen LogP contribution in [0, 0.1) is 11.6 Å². The fourth-order valence-electron chi connectivity index (χ4n) is 2.24. The van der Waals surface area contributed by atoms with E-state index in [1.54, 1.807) is 10.9 Å². The molecule has 17 heavy (non-hydrogen) atoms. The van der Waals surface area contributed by atoms with Gasteiger partial charge in [-0.2, -0.15) is 9.49 Å². The van der Waals surface area contributed by atoms with Gasteiger partial charge in [0.25, 0.3) is 0 Å². The Morgan fingerprint density at radius 1 is 1.18 bits per heavy atom. The summed E-state index contributed by atoms with van der Waals surface area (Å²) in [5.74, 6) is -2.90. The highest BCUT2D eigenvalue weighted by Gasteiger charge is 2.21. The van der Waals surface area contributed by atoms with Crippen molar-refractivity contribution in [2.45, 2.75) is 19.4 Å². The number of benzene rings is 1. The van der Waals surface area contributed by atoms with Crippen LogP contribution in [0.5, 0.6) is 5.75 Å². The highest BCUT2D eigenvalue weighted by Crippen LogP contribution is 2.33. The number of aryl methyl sites for hydroxylation is 1. The lowest BCUT2D eigenvalue weighted by Gasteiger charge is -2.05. The standard InChI is InChI=1S/C12H10F2N2O/c13-11-7(3-4-10(17)12(11)14)8-6-15-16-5-1-2-9(8)16/h3-4,6,17H,1-2,5H2. The summed E-state index contributed by atoms with van der Waals surface area (Å²) in [5, 5.41) is 13.2. The molecule has 1 aliphatic rings. The summed E-state index contributed by atoms with van der Waals surface area (Å²) in [6.45, 7) is 0.817. The lowest BCUT2D eigenvalue weighted by atomic mass is 10.0. The quantitative estimate of drug-likeness (QED) is 0.826. The number of halogens is 2. The van der Waals surface area contributed by atoms with E-state index < -0.39 is 17.4 Å². The number of hydrogen-bond donors (Lipinski definition) is 1. The number of phenolic OH excluding ortho intramolecular Hbond substituents is 1. The average Bonchev–Trinajstić information content (AvgIpc) is 2.89. The lowest BCUT2D eigenvalue weighted by molar-refractivity contribution is 0.408. The molecule has 0 spiro atoms. The van der Waals surface area contributed by atoms with E-state index in [9.17, 15) is 8.78 Å². The van der Waals surface area contributed by atoms with Crippen molar-refractivity contribution in [3.63, 3.8) is 0 Å². The molecule has 3 rings (SSSR count). The first kappa shape index (κ1) is 10.3. The van der Waals surface area contributed by atoms with E-state index >= 15 is 0 Å². The normalized spacial score (nSPS) is 14.0. The molecule has 0 amide bonds. The van der Waals surface area contributed by atoms with E-state index in [-0.39, 0.29) is 5.56 Å². The minimum absolute atomic E-state index is 0.156. The Balaban J connectivity index is 2.19. The SMILES string of the molecule is Oc1ccc(-c2cnn3c2CCC3)c(F)c1F. The van der Waals surface area contributed by atoms with Crippen LogP contribution in [-0.2, 0) is 13.0 Å². The maximum Gasteiger partial charge on any atom is 0.200 e. The van der Waals surface area contributed by atoms with Gasteiger partial charge in [0.15, 0.2) is 11.6 Å². The first-order valence-corrected chi connectivity index (χ1v) is 5.40. The van der Waals surface area contributed by atoms with Gasteiger partial charge in [-0.25, -0.2) is 4.39 Å². The van der Waals surface area contributed by atoms with Crippen LogP contribution in [0.25, 0.3) is 11.1 Å². The maximum absolute atomic E-state index is 13.7. The van der Waals surface area contributed by atoms with Crippen molar-refractivity contribution in [3.8, 4) is 16.9 Å². The molecule has 0 unspecified atom stereocenters. The smallest absolute Gasteiger partial charge is 0.200 e. The molecule has 88 valence electrons. The van der Waals surface area contributed by atoms with Gasteiger partial charge >= 0.3 is 0 Å². The van der Waals surface area contributed by atoms with E-state index in [0.717, 1.165) is 31.1 Å². The lowest BCUT2D eigenvalue weighted by Crippen LogP contribution is -1.94. The Hall–Kier alpha value is -1.91. The van der Waals surface area contributed by atoms with E-state index in [1.165, 1.54) is 6.07 Å². The molecule has 5 heteroatoms. The number of phenols is 1. The molecule has 0 atom stereocenters. The summed E-state index contributed by atoms with van der Waals surface area (Å²) in [6, 6.07) is 2.54. The monoisotopic (exact) mass is 236 g/mol. The molecule has 1 aromatic carbocycles. The van der Waals surface area contributed by atoms with E-state index in [2.05, 4.69) is 5.10 Å². The summed E-state index contributed by atoms with van der Waals surface area (Å²) in [7, 11) is 0. The number of aromatic nitrogens is 2. The van der Waals surface area contributed by atoms with E-state index in [1.807, 2.05) is 0 Å². The molecule has 1 aromatic heterocycles. The molecule has 2 aromatic rings. The zero-order valence-corrected chi connectivity index (χ0v) is 8.95. The second kappa shape index (κ2) is 3.55. The molecule has 1 aliphatic heterocycles. The minimum atomic E-state index is -1.21. The van der Waals surface area contributed by atoms with Gasteiger partial charge < -0.3 is 5.11 Å². The molecule has 1 N–H and O–H groups in total. The van der Waals surface area contributed by atoms with E-state index in [0.29, 0.717) is 5.56 Å². The first-order chi connectivity index (χ1) is 8.18. The molecule has 0 aliphatic carbocycles. The Morgan fingerprint density at radius 2 is 2.00 bits per heavy atom. The zero-order chi connectivity index (χ0) is 12.0. The fourth-order valence-corrected chi connectivity index (χ4v) is 2.24. The molecule has 2 heterocycles. The van der Waals surface area contributed by atoms with Crippen LogP contribution >= 0.6 is 0 Å². The van der Waals surface area contributed by atoms with E-state index in [4.69, 9.17) is 5.11 Å². The van der Waals surface area contributed by atoms with Crippen LogP contribution < -0.4 is 0 Å². The fraction of sp³-hybridized carbons (Fsp3) is 0.250. The Labute approximate surface area is 96.3 Å². The van der Waals surface area contributed by atoms with Crippen molar-refractivity contribution in [2.75, 3.05) is 0 Å². The number of fused-ring (bicyclic) bond motifs is 1. The van der Waals surface area contributed by atoms with Gasteiger partial charge in [0.05, 0.1) is 6.20 Å². The van der Waals surface area contributed by atoms with Crippen molar-refractivity contribution in [3.05, 3.63) is 35.7 Å². The number of rotatable bonds is 1. The second-order valence-corrected chi connectivity index (χ2v) is 4.09. The summed E-state index contributed by atoms with van der Waals surface area (Å²) in [4.78, 5) is 0. The Bertz CT molecular complexity index is 592. The van der Waals surface area contributed by atoms with Crippen molar-refractivity contribution < 1.29 is 13.9 Å². The average molecular weight is 236 g/mol. The van der Waals surface area contributed by atoms with Gasteiger partial charge in [-0.05, 0) is 25.0 Å². The molecule has 3 nitrogen and oxygen atoms in total. The largest absolute Gasteiger partial charge is 0.505 e. The summed E-state index contributed by atoms with van der Waals surface area (Å²) in [6.07, 6.45) is 3.33. The zero-order valence-electron chi connectivity index (χ0n) is 8.95. The van der Waals surface area contributed by atoms with Crippen LogP contribution in [0.3, 0.4) is 0 Å². The molecule has 0 saturated carbocycles. The van der Waals surface area contributed by atoms with Crippen molar-refractivity contribution >= 4 is 0 Å². The molecule has 0 fully saturated rings. The first-order valence-electron chi connectivity index (χ1n) is 5.40. The minimum Gasteiger partial charge on any atom is -0.505 e. The van der Waals surface area contributed by atoms with Crippen molar-refractivity contribution in [1.82, 2.24) is 9.78 Å². The van der Waals surface area contributed by atoms with Crippen LogP contribution in [0.2, 0.25) is 0 Å². The van der Waals surface area contributed by atoms with Gasteiger partial charge in [0.2, 0.25) is 5.82 Å². The van der Waals surface area contributed by atoms with Gasteiger partial charge in [0.1, 0.15) is 0 Å². The third-order valence-electron chi connectivity index (χ3n) is 3.08. The van der Waals surface area contributed by atoms with Gasteiger partial charge in [0, 0.05) is 23.4 Å². The summed E-state index contributed by atoms with van der Waals surface area (Å²) >= 11 is 0. The van der Waals surface area contributed by atoms with Crippen molar-refractivity contribution in [2.24, 2.45) is 0 Å².